The van der Waals surface area contributed by atoms with Crippen LogP contribution in [0.2, 0.25) is 0 Å². The van der Waals surface area contributed by atoms with Gasteiger partial charge in [0.05, 0.1) is 23.8 Å². The molecule has 3 rings (SSSR count). The molecule has 0 saturated carbocycles. The number of rotatable bonds is 9. The molecule has 1 unspecified atom stereocenters. The third-order valence-corrected chi connectivity index (χ3v) is 5.77. The minimum absolute atomic E-state index is 0.363. The van der Waals surface area contributed by atoms with E-state index in [9.17, 15) is 5.11 Å². The summed E-state index contributed by atoms with van der Waals surface area (Å²) < 4.78 is 0. The maximum Gasteiger partial charge on any atom is 0.191 e. The number of aliphatic hydroxyl groups is 1. The van der Waals surface area contributed by atoms with Crippen molar-refractivity contribution in [3.63, 3.8) is 0 Å². The summed E-state index contributed by atoms with van der Waals surface area (Å²) >= 11 is 1.69. The third kappa shape index (κ3) is 6.68. The van der Waals surface area contributed by atoms with Gasteiger partial charge < -0.3 is 15.7 Å². The molecule has 6 heteroatoms. The number of hydrogen-bond acceptors (Lipinski definition) is 4. The van der Waals surface area contributed by atoms with E-state index in [0.717, 1.165) is 35.7 Å². The fraction of sp³-hybridized carbons (Fsp3) is 0.333. The molecule has 3 aromatic rings. The summed E-state index contributed by atoms with van der Waals surface area (Å²) in [5.74, 6) is 0.674. The quantitative estimate of drug-likeness (QED) is 0.361. The Morgan fingerprint density at radius 1 is 1.03 bits per heavy atom. The second-order valence-corrected chi connectivity index (χ2v) is 8.35. The molecular weight excluding hydrogens is 392 g/mol. The van der Waals surface area contributed by atoms with Crippen LogP contribution < -0.4 is 10.6 Å². The van der Waals surface area contributed by atoms with Crippen LogP contribution >= 0.6 is 11.3 Å². The summed E-state index contributed by atoms with van der Waals surface area (Å²) in [6, 6.07) is 20.1. The zero-order valence-electron chi connectivity index (χ0n) is 17.6. The Morgan fingerprint density at radius 2 is 1.73 bits per heavy atom. The molecule has 0 bridgehead atoms. The lowest BCUT2D eigenvalue weighted by Crippen LogP contribution is -2.44. The number of nitrogens with one attached hydrogen (secondary N) is 2. The van der Waals surface area contributed by atoms with Gasteiger partial charge in [-0.3, -0.25) is 0 Å². The lowest BCUT2D eigenvalue weighted by atomic mass is 9.96. The maximum absolute atomic E-state index is 10.8. The second-order valence-electron chi connectivity index (χ2n) is 7.41. The predicted octanol–water partition coefficient (Wildman–Crippen LogP) is 3.89. The molecule has 0 aliphatic carbocycles. The number of aromatic nitrogens is 1. The summed E-state index contributed by atoms with van der Waals surface area (Å²) in [4.78, 5) is 9.36. The maximum atomic E-state index is 10.8. The van der Waals surface area contributed by atoms with Gasteiger partial charge in [-0.2, -0.15) is 0 Å². The molecule has 0 saturated heterocycles. The van der Waals surface area contributed by atoms with Crippen LogP contribution in [0.3, 0.4) is 0 Å². The molecule has 3 N–H and O–H groups in total. The van der Waals surface area contributed by atoms with Crippen molar-refractivity contribution in [2.75, 3.05) is 13.1 Å². The number of thiazole rings is 1. The van der Waals surface area contributed by atoms with Gasteiger partial charge in [0.25, 0.3) is 0 Å². The molecule has 30 heavy (non-hydrogen) atoms. The molecule has 158 valence electrons. The van der Waals surface area contributed by atoms with Gasteiger partial charge in [-0.1, -0.05) is 60.7 Å². The average Bonchev–Trinajstić information content (AvgIpc) is 3.23. The van der Waals surface area contributed by atoms with E-state index in [0.29, 0.717) is 19.0 Å². The van der Waals surface area contributed by atoms with Crippen LogP contribution in [0.5, 0.6) is 0 Å². The number of nitrogens with zero attached hydrogens (tertiary/aromatic N) is 2. The van der Waals surface area contributed by atoms with Crippen molar-refractivity contribution in [1.82, 2.24) is 15.6 Å². The average molecular weight is 423 g/mol. The summed E-state index contributed by atoms with van der Waals surface area (Å²) in [5, 5.41) is 20.5. The Morgan fingerprint density at radius 3 is 2.43 bits per heavy atom. The first-order valence-corrected chi connectivity index (χ1v) is 11.2. The van der Waals surface area contributed by atoms with Gasteiger partial charge in [0.2, 0.25) is 0 Å². The largest absolute Gasteiger partial charge is 0.384 e. The molecule has 0 spiro atoms. The minimum Gasteiger partial charge on any atom is -0.384 e. The lowest BCUT2D eigenvalue weighted by molar-refractivity contribution is 0.0617. The predicted molar refractivity (Wildman–Crippen MR) is 125 cm³/mol. The summed E-state index contributed by atoms with van der Waals surface area (Å²) in [7, 11) is 0. The van der Waals surface area contributed by atoms with Crippen LogP contribution in [0.15, 0.2) is 71.0 Å². The Hall–Kier alpha value is -2.70. The molecule has 0 fully saturated rings. The molecule has 5 nitrogen and oxygen atoms in total. The van der Waals surface area contributed by atoms with Crippen LogP contribution in [-0.4, -0.2) is 29.1 Å². The van der Waals surface area contributed by atoms with Crippen molar-refractivity contribution >= 4 is 17.3 Å². The second kappa shape index (κ2) is 10.9. The first-order valence-electron chi connectivity index (χ1n) is 10.3. The zero-order chi connectivity index (χ0) is 21.2. The zero-order valence-corrected chi connectivity index (χ0v) is 18.5. The topological polar surface area (TPSA) is 69.5 Å². The SMILES string of the molecule is CCNC(=NCc1csc(CCc2ccccc2)n1)NCC(C)(O)c1ccccc1. The highest BCUT2D eigenvalue weighted by atomic mass is 32.1. The standard InChI is InChI=1S/C24H30N4OS/c1-3-25-23(27-18-24(2,29)20-12-8-5-9-13-20)26-16-21-17-30-22(28-21)15-14-19-10-6-4-7-11-19/h4-13,17,29H,3,14-16,18H2,1-2H3,(H2,25,26,27). The Labute approximate surface area is 182 Å². The van der Waals surface area contributed by atoms with Crippen LogP contribution in [-0.2, 0) is 25.0 Å². The van der Waals surface area contributed by atoms with Crippen LogP contribution in [0, 0.1) is 0 Å². The highest BCUT2D eigenvalue weighted by Gasteiger charge is 2.22. The van der Waals surface area contributed by atoms with Crippen molar-refractivity contribution in [2.45, 2.75) is 38.8 Å². The van der Waals surface area contributed by atoms with Crippen molar-refractivity contribution in [3.8, 4) is 0 Å². The van der Waals surface area contributed by atoms with E-state index >= 15 is 0 Å². The molecule has 0 aliphatic heterocycles. The number of aliphatic imine (C=N–C) groups is 1. The Balaban J connectivity index is 1.55. The first-order chi connectivity index (χ1) is 14.6. The van der Waals surface area contributed by atoms with Gasteiger partial charge in [-0.05, 0) is 31.4 Å². The normalized spacial score (nSPS) is 13.6. The fourth-order valence-electron chi connectivity index (χ4n) is 3.09. The van der Waals surface area contributed by atoms with Crippen LogP contribution in [0.1, 0.15) is 35.7 Å². The smallest absolute Gasteiger partial charge is 0.191 e. The van der Waals surface area contributed by atoms with Crippen molar-refractivity contribution in [3.05, 3.63) is 87.9 Å². The van der Waals surface area contributed by atoms with Gasteiger partial charge in [0.1, 0.15) is 5.60 Å². The molecule has 0 aliphatic rings. The lowest BCUT2D eigenvalue weighted by Gasteiger charge is -2.25. The van der Waals surface area contributed by atoms with E-state index in [-0.39, 0.29) is 0 Å². The molecule has 0 amide bonds. The van der Waals surface area contributed by atoms with Gasteiger partial charge in [0.15, 0.2) is 5.96 Å². The van der Waals surface area contributed by atoms with E-state index in [1.165, 1.54) is 5.56 Å². The number of aryl methyl sites for hydroxylation is 2. The van der Waals surface area contributed by atoms with Crippen molar-refractivity contribution < 1.29 is 5.11 Å². The summed E-state index contributed by atoms with van der Waals surface area (Å²) in [6.45, 7) is 5.45. The van der Waals surface area contributed by atoms with E-state index in [1.807, 2.05) is 43.3 Å². The summed E-state index contributed by atoms with van der Waals surface area (Å²) in [6.07, 6.45) is 1.94. The highest BCUT2D eigenvalue weighted by molar-refractivity contribution is 7.09. The van der Waals surface area contributed by atoms with Gasteiger partial charge >= 0.3 is 0 Å². The molecular formula is C24H30N4OS. The van der Waals surface area contributed by atoms with E-state index < -0.39 is 5.60 Å². The first kappa shape index (κ1) is 22.0. The van der Waals surface area contributed by atoms with Gasteiger partial charge in [0, 0.05) is 18.3 Å². The third-order valence-electron chi connectivity index (χ3n) is 4.81. The van der Waals surface area contributed by atoms with Crippen molar-refractivity contribution in [2.24, 2.45) is 4.99 Å². The van der Waals surface area contributed by atoms with Crippen LogP contribution in [0.25, 0.3) is 0 Å². The molecule has 1 atom stereocenters. The van der Waals surface area contributed by atoms with E-state index in [2.05, 4.69) is 45.3 Å². The van der Waals surface area contributed by atoms with Gasteiger partial charge in [-0.15, -0.1) is 11.3 Å². The van der Waals surface area contributed by atoms with Crippen LogP contribution in [0.4, 0.5) is 0 Å². The molecule has 1 aromatic heterocycles. The number of guanidine groups is 1. The highest BCUT2D eigenvalue weighted by Crippen LogP contribution is 2.19. The van der Waals surface area contributed by atoms with E-state index in [4.69, 9.17) is 4.98 Å². The van der Waals surface area contributed by atoms with Gasteiger partial charge in [-0.25, -0.2) is 9.98 Å². The fourth-order valence-corrected chi connectivity index (χ4v) is 3.88. The molecule has 0 radical (unpaired) electrons. The van der Waals surface area contributed by atoms with Crippen molar-refractivity contribution in [1.29, 1.82) is 0 Å². The Kier molecular flexibility index (Phi) is 7.99. The number of hydrogen-bond donors (Lipinski definition) is 3. The summed E-state index contributed by atoms with van der Waals surface area (Å²) in [5.41, 5.74) is 2.19. The van der Waals surface area contributed by atoms with E-state index in [1.54, 1.807) is 18.3 Å². The monoisotopic (exact) mass is 422 g/mol. The minimum atomic E-state index is -0.983. The Bertz CT molecular complexity index is 923. The number of benzene rings is 2. The molecule has 2 aromatic carbocycles. The molecule has 1 heterocycles.